The molecule has 1 amide bonds. The zero-order chi connectivity index (χ0) is 19.3. The van der Waals surface area contributed by atoms with Gasteiger partial charge in [0.15, 0.2) is 11.6 Å². The Morgan fingerprint density at radius 3 is 2.61 bits per heavy atom. The van der Waals surface area contributed by atoms with Gasteiger partial charge in [-0.25, -0.2) is 9.97 Å². The van der Waals surface area contributed by atoms with Crippen LogP contribution in [0.5, 0.6) is 0 Å². The molecule has 0 aliphatic rings. The van der Waals surface area contributed by atoms with Crippen LogP contribution in [0.4, 0.5) is 0 Å². The van der Waals surface area contributed by atoms with E-state index in [0.29, 0.717) is 11.6 Å². The molecule has 140 valence electrons. The fraction of sp³-hybridized carbons (Fsp3) is 0.136. The third kappa shape index (κ3) is 4.07. The van der Waals surface area contributed by atoms with Crippen molar-refractivity contribution in [1.29, 1.82) is 0 Å². The monoisotopic (exact) mass is 389 g/mol. The Bertz CT molecular complexity index is 1080. The number of carbonyl (C=O) groups is 1. The van der Waals surface area contributed by atoms with Gasteiger partial charge in [0.25, 0.3) is 0 Å². The summed E-state index contributed by atoms with van der Waals surface area (Å²) >= 11 is 1.40. The highest BCUT2D eigenvalue weighted by Crippen LogP contribution is 2.28. The molecule has 0 saturated carbocycles. The first-order valence-electron chi connectivity index (χ1n) is 8.98. The van der Waals surface area contributed by atoms with E-state index in [0.717, 1.165) is 21.5 Å². The number of amides is 1. The van der Waals surface area contributed by atoms with Gasteiger partial charge in [0.1, 0.15) is 5.03 Å². The minimum Gasteiger partial charge on any atom is -0.461 e. The molecule has 0 fully saturated rings. The van der Waals surface area contributed by atoms with Gasteiger partial charge in [0, 0.05) is 5.39 Å². The van der Waals surface area contributed by atoms with E-state index in [9.17, 15) is 4.79 Å². The molecule has 2 heterocycles. The lowest BCUT2D eigenvalue weighted by Crippen LogP contribution is -2.28. The summed E-state index contributed by atoms with van der Waals surface area (Å²) in [5.41, 5.74) is 1.90. The first-order chi connectivity index (χ1) is 13.7. The zero-order valence-corrected chi connectivity index (χ0v) is 16.1. The molecule has 2 aromatic carbocycles. The van der Waals surface area contributed by atoms with Gasteiger partial charge < -0.3 is 9.73 Å². The van der Waals surface area contributed by atoms with Crippen molar-refractivity contribution in [2.24, 2.45) is 0 Å². The van der Waals surface area contributed by atoms with Gasteiger partial charge in [0.2, 0.25) is 5.91 Å². The number of nitrogens with one attached hydrogen (secondary N) is 1. The molecule has 0 bridgehead atoms. The molecule has 0 aliphatic heterocycles. The molecule has 4 aromatic rings. The normalized spacial score (nSPS) is 12.0. The summed E-state index contributed by atoms with van der Waals surface area (Å²) in [4.78, 5) is 21.7. The summed E-state index contributed by atoms with van der Waals surface area (Å²) in [6.07, 6.45) is 1.60. The number of rotatable bonds is 6. The molecule has 1 N–H and O–H groups in total. The van der Waals surface area contributed by atoms with Crippen molar-refractivity contribution in [3.05, 3.63) is 78.6 Å². The predicted octanol–water partition coefficient (Wildman–Crippen LogP) is 4.86. The number of nitrogens with zero attached hydrogens (tertiary/aromatic N) is 2. The van der Waals surface area contributed by atoms with E-state index in [4.69, 9.17) is 4.42 Å². The van der Waals surface area contributed by atoms with Gasteiger partial charge in [-0.15, -0.1) is 0 Å². The molecule has 4 rings (SSSR count). The Labute approximate surface area is 167 Å². The summed E-state index contributed by atoms with van der Waals surface area (Å²) < 4.78 is 5.44. The smallest absolute Gasteiger partial charge is 0.230 e. The average molecular weight is 389 g/mol. The van der Waals surface area contributed by atoms with Crippen molar-refractivity contribution in [2.75, 3.05) is 5.75 Å². The van der Waals surface area contributed by atoms with E-state index in [1.165, 1.54) is 11.8 Å². The molecule has 1 unspecified atom stereocenters. The van der Waals surface area contributed by atoms with Gasteiger partial charge in [-0.05, 0) is 30.7 Å². The molecule has 0 radical (unpaired) electrons. The van der Waals surface area contributed by atoms with Crippen LogP contribution in [0.15, 0.2) is 82.4 Å². The fourth-order valence-electron chi connectivity index (χ4n) is 2.92. The minimum absolute atomic E-state index is 0.0383. The second kappa shape index (κ2) is 8.27. The van der Waals surface area contributed by atoms with E-state index in [2.05, 4.69) is 15.3 Å². The summed E-state index contributed by atoms with van der Waals surface area (Å²) in [6.45, 7) is 1.98. The number of para-hydroxylation sites is 1. The van der Waals surface area contributed by atoms with Crippen LogP contribution in [0.25, 0.3) is 22.5 Å². The van der Waals surface area contributed by atoms with E-state index in [-0.39, 0.29) is 17.7 Å². The number of hydrogen-bond donors (Lipinski definition) is 1. The highest BCUT2D eigenvalue weighted by molar-refractivity contribution is 8.00. The van der Waals surface area contributed by atoms with Gasteiger partial charge in [0.05, 0.1) is 23.6 Å². The van der Waals surface area contributed by atoms with Gasteiger partial charge in [-0.3, -0.25) is 4.79 Å². The Morgan fingerprint density at radius 2 is 1.82 bits per heavy atom. The number of carbonyl (C=O) groups excluding carboxylic acids is 1. The summed E-state index contributed by atoms with van der Waals surface area (Å²) in [6, 6.07) is 21.3. The molecule has 5 nitrogen and oxygen atoms in total. The van der Waals surface area contributed by atoms with Crippen LogP contribution >= 0.6 is 11.8 Å². The second-order valence-electron chi connectivity index (χ2n) is 6.34. The highest BCUT2D eigenvalue weighted by Gasteiger charge is 2.14. The fourth-order valence-corrected chi connectivity index (χ4v) is 3.75. The molecular formula is C22H19N3O2S. The highest BCUT2D eigenvalue weighted by atomic mass is 32.2. The third-order valence-electron chi connectivity index (χ3n) is 4.33. The van der Waals surface area contributed by atoms with Gasteiger partial charge in [-0.1, -0.05) is 60.3 Å². The molecule has 2 aromatic heterocycles. The maximum atomic E-state index is 12.5. The molecule has 28 heavy (non-hydrogen) atoms. The first kappa shape index (κ1) is 18.3. The van der Waals surface area contributed by atoms with E-state index in [1.807, 2.05) is 67.6 Å². The van der Waals surface area contributed by atoms with Crippen molar-refractivity contribution in [3.63, 3.8) is 0 Å². The Hall–Kier alpha value is -3.12. The molecule has 6 heteroatoms. The van der Waals surface area contributed by atoms with Crippen LogP contribution in [0.2, 0.25) is 0 Å². The Morgan fingerprint density at radius 1 is 1.04 bits per heavy atom. The molecule has 0 saturated heterocycles. The van der Waals surface area contributed by atoms with Crippen molar-refractivity contribution in [2.45, 2.75) is 18.0 Å². The van der Waals surface area contributed by atoms with Gasteiger partial charge in [-0.2, -0.15) is 0 Å². The summed E-state index contributed by atoms with van der Waals surface area (Å²) in [5.74, 6) is 1.36. The van der Waals surface area contributed by atoms with Crippen LogP contribution in [0.1, 0.15) is 18.5 Å². The standard InChI is InChI=1S/C22H19N3O2S/c1-15(16-8-3-2-4-9-16)23-20(26)14-28-22-17-10-5-6-11-18(17)24-21(25-22)19-12-7-13-27-19/h2-13,15H,14H2,1H3,(H,23,26). The number of benzene rings is 2. The lowest BCUT2D eigenvalue weighted by Gasteiger charge is -2.14. The maximum absolute atomic E-state index is 12.5. The van der Waals surface area contributed by atoms with Crippen LogP contribution in [0, 0.1) is 0 Å². The number of furan rings is 1. The van der Waals surface area contributed by atoms with Crippen molar-refractivity contribution >= 4 is 28.6 Å². The number of aromatic nitrogens is 2. The van der Waals surface area contributed by atoms with Gasteiger partial charge >= 0.3 is 0 Å². The largest absolute Gasteiger partial charge is 0.461 e. The quantitative estimate of drug-likeness (QED) is 0.377. The molecule has 0 spiro atoms. The van der Waals surface area contributed by atoms with Crippen molar-refractivity contribution in [3.8, 4) is 11.6 Å². The lowest BCUT2D eigenvalue weighted by molar-refractivity contribution is -0.119. The third-order valence-corrected chi connectivity index (χ3v) is 5.32. The summed E-state index contributed by atoms with van der Waals surface area (Å²) in [7, 11) is 0. The molecular weight excluding hydrogens is 370 g/mol. The van der Waals surface area contributed by atoms with Crippen molar-refractivity contribution < 1.29 is 9.21 Å². The predicted molar refractivity (Wildman–Crippen MR) is 111 cm³/mol. The summed E-state index contributed by atoms with van der Waals surface area (Å²) in [5, 5.41) is 4.72. The number of thioether (sulfide) groups is 1. The molecule has 0 aliphatic carbocycles. The van der Waals surface area contributed by atoms with Crippen LogP contribution in [-0.2, 0) is 4.79 Å². The first-order valence-corrected chi connectivity index (χ1v) is 9.97. The topological polar surface area (TPSA) is 68.0 Å². The zero-order valence-electron chi connectivity index (χ0n) is 15.3. The maximum Gasteiger partial charge on any atom is 0.230 e. The van der Waals surface area contributed by atoms with E-state index < -0.39 is 0 Å². The molecule has 1 atom stereocenters. The lowest BCUT2D eigenvalue weighted by atomic mass is 10.1. The minimum atomic E-state index is -0.0462. The van der Waals surface area contributed by atoms with Crippen molar-refractivity contribution in [1.82, 2.24) is 15.3 Å². The number of fused-ring (bicyclic) bond motifs is 1. The van der Waals surface area contributed by atoms with E-state index in [1.54, 1.807) is 12.3 Å². The average Bonchev–Trinajstić information content (AvgIpc) is 3.27. The number of hydrogen-bond acceptors (Lipinski definition) is 5. The Balaban J connectivity index is 1.52. The second-order valence-corrected chi connectivity index (χ2v) is 7.30. The van der Waals surface area contributed by atoms with E-state index >= 15 is 0 Å². The van der Waals surface area contributed by atoms with Crippen LogP contribution in [0.3, 0.4) is 0 Å². The SMILES string of the molecule is CC(NC(=O)CSc1nc(-c2ccco2)nc2ccccc12)c1ccccc1. The van der Waals surface area contributed by atoms with Crippen LogP contribution < -0.4 is 5.32 Å². The van der Waals surface area contributed by atoms with Crippen LogP contribution in [-0.4, -0.2) is 21.6 Å². The Kier molecular flexibility index (Phi) is 5.39.